The standard InChI is InChI=1S/C22H28O7/c1-5-6-13-28-17-12-11-15(14-19(17)26-3)20(23)21(22(24)27-4)29-18-10-8-7-9-16(18)25-2/h7-12,14,20-21,23H,5-6,13H2,1-4H3/t20-,21-/m1/s1. The van der Waals surface area contributed by atoms with E-state index in [4.69, 9.17) is 23.7 Å². The summed E-state index contributed by atoms with van der Waals surface area (Å²) in [5, 5.41) is 10.9. The molecule has 0 amide bonds. The van der Waals surface area contributed by atoms with Gasteiger partial charge < -0.3 is 28.8 Å². The van der Waals surface area contributed by atoms with E-state index in [0.717, 1.165) is 12.8 Å². The molecule has 2 aromatic carbocycles. The Kier molecular flexibility index (Phi) is 8.61. The predicted octanol–water partition coefficient (Wildman–Crippen LogP) is 3.54. The molecule has 0 bridgehead atoms. The van der Waals surface area contributed by atoms with Crippen LogP contribution in [0.25, 0.3) is 0 Å². The lowest BCUT2D eigenvalue weighted by Crippen LogP contribution is -2.35. The van der Waals surface area contributed by atoms with Crippen molar-refractivity contribution in [1.29, 1.82) is 0 Å². The van der Waals surface area contributed by atoms with Crippen LogP contribution in [0.15, 0.2) is 42.5 Å². The van der Waals surface area contributed by atoms with Crippen LogP contribution < -0.4 is 18.9 Å². The molecule has 0 saturated heterocycles. The minimum atomic E-state index is -1.30. The van der Waals surface area contributed by atoms with Crippen LogP contribution in [-0.4, -0.2) is 45.1 Å². The molecule has 29 heavy (non-hydrogen) atoms. The fraction of sp³-hybridized carbons (Fsp3) is 0.409. The van der Waals surface area contributed by atoms with Gasteiger partial charge in [0.2, 0.25) is 6.10 Å². The summed E-state index contributed by atoms with van der Waals surface area (Å²) in [6, 6.07) is 11.8. The Bertz CT molecular complexity index is 790. The second-order valence-corrected chi connectivity index (χ2v) is 6.27. The van der Waals surface area contributed by atoms with E-state index in [9.17, 15) is 9.90 Å². The Morgan fingerprint density at radius 3 is 2.28 bits per heavy atom. The normalized spacial score (nSPS) is 12.6. The summed E-state index contributed by atoms with van der Waals surface area (Å²) in [6.45, 7) is 2.64. The van der Waals surface area contributed by atoms with E-state index in [1.54, 1.807) is 42.5 Å². The van der Waals surface area contributed by atoms with Gasteiger partial charge in [-0.1, -0.05) is 31.5 Å². The van der Waals surface area contributed by atoms with Crippen molar-refractivity contribution in [3.8, 4) is 23.0 Å². The number of methoxy groups -OCH3 is 3. The molecule has 2 aromatic rings. The van der Waals surface area contributed by atoms with Crippen molar-refractivity contribution < 1.29 is 33.6 Å². The number of aliphatic hydroxyl groups is 1. The van der Waals surface area contributed by atoms with Crippen molar-refractivity contribution in [2.24, 2.45) is 0 Å². The van der Waals surface area contributed by atoms with Crippen LogP contribution in [0.5, 0.6) is 23.0 Å². The maximum Gasteiger partial charge on any atom is 0.350 e. The summed E-state index contributed by atoms with van der Waals surface area (Å²) in [5.74, 6) is 1.06. The van der Waals surface area contributed by atoms with Gasteiger partial charge in [-0.05, 0) is 36.2 Å². The number of para-hydroxylation sites is 2. The number of esters is 1. The number of hydrogen-bond donors (Lipinski definition) is 1. The summed E-state index contributed by atoms with van der Waals surface area (Å²) in [4.78, 5) is 12.3. The van der Waals surface area contributed by atoms with Crippen molar-refractivity contribution in [2.45, 2.75) is 32.0 Å². The number of unbranched alkanes of at least 4 members (excludes halogenated alkanes) is 1. The number of hydrogen-bond acceptors (Lipinski definition) is 7. The second-order valence-electron chi connectivity index (χ2n) is 6.27. The molecule has 0 spiro atoms. The third-order valence-corrected chi connectivity index (χ3v) is 4.33. The molecule has 7 nitrogen and oxygen atoms in total. The lowest BCUT2D eigenvalue weighted by atomic mass is 10.0. The molecule has 1 N–H and O–H groups in total. The minimum absolute atomic E-state index is 0.316. The third kappa shape index (κ3) is 5.77. The number of carbonyl (C=O) groups is 1. The number of aliphatic hydroxyl groups excluding tert-OH is 1. The van der Waals surface area contributed by atoms with Crippen LogP contribution in [0.4, 0.5) is 0 Å². The van der Waals surface area contributed by atoms with E-state index >= 15 is 0 Å². The molecule has 0 fully saturated rings. The molecule has 0 saturated carbocycles. The van der Waals surface area contributed by atoms with E-state index in [1.165, 1.54) is 21.3 Å². The van der Waals surface area contributed by atoms with Crippen LogP contribution in [0.2, 0.25) is 0 Å². The van der Waals surface area contributed by atoms with Gasteiger partial charge in [-0.2, -0.15) is 0 Å². The highest BCUT2D eigenvalue weighted by atomic mass is 16.6. The molecule has 0 radical (unpaired) electrons. The number of rotatable bonds is 11. The predicted molar refractivity (Wildman–Crippen MR) is 108 cm³/mol. The zero-order chi connectivity index (χ0) is 21.2. The summed E-state index contributed by atoms with van der Waals surface area (Å²) < 4.78 is 26.9. The Balaban J connectivity index is 2.28. The maximum atomic E-state index is 12.3. The quantitative estimate of drug-likeness (QED) is 0.453. The lowest BCUT2D eigenvalue weighted by molar-refractivity contribution is -0.154. The first kappa shape index (κ1) is 22.4. The Labute approximate surface area is 171 Å². The van der Waals surface area contributed by atoms with Gasteiger partial charge in [0.15, 0.2) is 23.0 Å². The molecular formula is C22H28O7. The lowest BCUT2D eigenvalue weighted by Gasteiger charge is -2.24. The molecule has 0 aliphatic heterocycles. The van der Waals surface area contributed by atoms with Gasteiger partial charge in [0.25, 0.3) is 0 Å². The molecule has 2 rings (SSSR count). The monoisotopic (exact) mass is 404 g/mol. The SMILES string of the molecule is CCCCOc1ccc([C@@H](O)[C@@H](Oc2ccccc2OC)C(=O)OC)cc1OC. The van der Waals surface area contributed by atoms with Crippen LogP contribution in [0.1, 0.15) is 31.4 Å². The number of benzene rings is 2. The Morgan fingerprint density at radius 1 is 0.966 bits per heavy atom. The van der Waals surface area contributed by atoms with E-state index < -0.39 is 18.2 Å². The topological polar surface area (TPSA) is 83.5 Å². The van der Waals surface area contributed by atoms with Crippen molar-refractivity contribution in [1.82, 2.24) is 0 Å². The van der Waals surface area contributed by atoms with Crippen LogP contribution in [0.3, 0.4) is 0 Å². The van der Waals surface area contributed by atoms with Gasteiger partial charge >= 0.3 is 5.97 Å². The largest absolute Gasteiger partial charge is 0.493 e. The van der Waals surface area contributed by atoms with Crippen molar-refractivity contribution in [2.75, 3.05) is 27.9 Å². The van der Waals surface area contributed by atoms with Gasteiger partial charge in [-0.15, -0.1) is 0 Å². The van der Waals surface area contributed by atoms with E-state index in [0.29, 0.717) is 35.2 Å². The summed E-state index contributed by atoms with van der Waals surface area (Å²) in [6.07, 6.45) is -0.663. The first-order valence-electron chi connectivity index (χ1n) is 9.42. The summed E-state index contributed by atoms with van der Waals surface area (Å²) >= 11 is 0. The molecule has 0 aliphatic rings. The number of ether oxygens (including phenoxy) is 5. The van der Waals surface area contributed by atoms with Gasteiger partial charge in [-0.25, -0.2) is 4.79 Å². The first-order chi connectivity index (χ1) is 14.0. The Morgan fingerprint density at radius 2 is 1.66 bits per heavy atom. The van der Waals surface area contributed by atoms with Gasteiger partial charge in [0, 0.05) is 0 Å². The van der Waals surface area contributed by atoms with Crippen molar-refractivity contribution in [3.63, 3.8) is 0 Å². The molecule has 0 aliphatic carbocycles. The average Bonchev–Trinajstić information content (AvgIpc) is 2.77. The minimum Gasteiger partial charge on any atom is -0.493 e. The summed E-state index contributed by atoms with van der Waals surface area (Å²) in [7, 11) is 4.24. The molecule has 158 valence electrons. The third-order valence-electron chi connectivity index (χ3n) is 4.33. The molecule has 0 heterocycles. The van der Waals surface area contributed by atoms with Crippen molar-refractivity contribution in [3.05, 3.63) is 48.0 Å². The highest BCUT2D eigenvalue weighted by molar-refractivity contribution is 5.76. The van der Waals surface area contributed by atoms with Gasteiger partial charge in [-0.3, -0.25) is 0 Å². The Hall–Kier alpha value is -2.93. The van der Waals surface area contributed by atoms with Crippen LogP contribution in [-0.2, 0) is 9.53 Å². The van der Waals surface area contributed by atoms with E-state index in [-0.39, 0.29) is 0 Å². The molecule has 0 unspecified atom stereocenters. The van der Waals surface area contributed by atoms with Gasteiger partial charge in [0.1, 0.15) is 6.10 Å². The molecule has 0 aromatic heterocycles. The fourth-order valence-corrected chi connectivity index (χ4v) is 2.70. The first-order valence-corrected chi connectivity index (χ1v) is 9.42. The van der Waals surface area contributed by atoms with Crippen LogP contribution >= 0.6 is 0 Å². The molecule has 2 atom stereocenters. The fourth-order valence-electron chi connectivity index (χ4n) is 2.70. The summed E-state index contributed by atoms with van der Waals surface area (Å²) in [5.41, 5.74) is 0.426. The average molecular weight is 404 g/mol. The molecule has 7 heteroatoms. The molecular weight excluding hydrogens is 376 g/mol. The maximum absolute atomic E-state index is 12.3. The smallest absolute Gasteiger partial charge is 0.350 e. The van der Waals surface area contributed by atoms with Gasteiger partial charge in [0.05, 0.1) is 27.9 Å². The van der Waals surface area contributed by atoms with E-state index in [1.807, 2.05) is 0 Å². The highest BCUT2D eigenvalue weighted by Crippen LogP contribution is 2.34. The van der Waals surface area contributed by atoms with E-state index in [2.05, 4.69) is 6.92 Å². The second kappa shape index (κ2) is 11.2. The number of carbonyl (C=O) groups excluding carboxylic acids is 1. The zero-order valence-corrected chi connectivity index (χ0v) is 17.2. The van der Waals surface area contributed by atoms with Crippen LogP contribution in [0, 0.1) is 0 Å². The van der Waals surface area contributed by atoms with Crippen molar-refractivity contribution >= 4 is 5.97 Å². The zero-order valence-electron chi connectivity index (χ0n) is 17.2. The highest BCUT2D eigenvalue weighted by Gasteiger charge is 2.32.